The van der Waals surface area contributed by atoms with E-state index in [1.165, 1.54) is 0 Å². The standard InChI is InChI=1S/C12H16N2O2S/c1-13-17(2,16)11-7-5-10(6-8-11)14-9-3-4-12(14)15/h5-8H,2-4,9H2,1H3,(H,13,16). The van der Waals surface area contributed by atoms with E-state index in [-0.39, 0.29) is 5.91 Å². The van der Waals surface area contributed by atoms with Crippen LogP contribution in [-0.2, 0) is 14.5 Å². The lowest BCUT2D eigenvalue weighted by Crippen LogP contribution is -2.24. The molecule has 1 fully saturated rings. The summed E-state index contributed by atoms with van der Waals surface area (Å²) >= 11 is 0. The van der Waals surface area contributed by atoms with E-state index in [0.717, 1.165) is 18.7 Å². The largest absolute Gasteiger partial charge is 0.312 e. The maximum absolute atomic E-state index is 12.0. The molecular formula is C12H16N2O2S. The van der Waals surface area contributed by atoms with Crippen molar-refractivity contribution >= 4 is 27.2 Å². The predicted octanol–water partition coefficient (Wildman–Crippen LogP) is 1.02. The smallest absolute Gasteiger partial charge is 0.227 e. The number of hydrogen-bond acceptors (Lipinski definition) is 2. The Morgan fingerprint density at radius 3 is 2.47 bits per heavy atom. The summed E-state index contributed by atoms with van der Waals surface area (Å²) in [6.45, 7) is 0.768. The van der Waals surface area contributed by atoms with E-state index in [2.05, 4.69) is 10.6 Å². The molecule has 17 heavy (non-hydrogen) atoms. The first-order chi connectivity index (χ1) is 8.04. The van der Waals surface area contributed by atoms with Crippen LogP contribution in [0.2, 0.25) is 0 Å². The molecule has 5 heteroatoms. The summed E-state index contributed by atoms with van der Waals surface area (Å²) in [5, 5.41) is 0. The quantitative estimate of drug-likeness (QED) is 0.817. The summed E-state index contributed by atoms with van der Waals surface area (Å²) in [6, 6.07) is 7.15. The van der Waals surface area contributed by atoms with E-state index >= 15 is 0 Å². The average molecular weight is 252 g/mol. The molecule has 1 heterocycles. The molecule has 0 aliphatic carbocycles. The van der Waals surface area contributed by atoms with Gasteiger partial charge in [0, 0.05) is 23.5 Å². The van der Waals surface area contributed by atoms with Crippen LogP contribution in [0.25, 0.3) is 0 Å². The van der Waals surface area contributed by atoms with Gasteiger partial charge in [-0.15, -0.1) is 0 Å². The summed E-state index contributed by atoms with van der Waals surface area (Å²) in [5.74, 6) is 3.79. The van der Waals surface area contributed by atoms with Gasteiger partial charge in [0.25, 0.3) is 0 Å². The van der Waals surface area contributed by atoms with Crippen LogP contribution in [0.1, 0.15) is 12.8 Å². The maximum Gasteiger partial charge on any atom is 0.227 e. The lowest BCUT2D eigenvalue weighted by atomic mass is 10.3. The molecule has 1 atom stereocenters. The van der Waals surface area contributed by atoms with Gasteiger partial charge in [-0.1, -0.05) is 0 Å². The zero-order valence-corrected chi connectivity index (χ0v) is 10.6. The second kappa shape index (κ2) is 4.50. The lowest BCUT2D eigenvalue weighted by molar-refractivity contribution is -0.117. The van der Waals surface area contributed by atoms with Crippen molar-refractivity contribution in [3.05, 3.63) is 24.3 Å². The first kappa shape index (κ1) is 12.1. The van der Waals surface area contributed by atoms with Crippen molar-refractivity contribution in [1.29, 1.82) is 0 Å². The fraction of sp³-hybridized carbons (Fsp3) is 0.333. The summed E-state index contributed by atoms with van der Waals surface area (Å²) in [4.78, 5) is 14.0. The van der Waals surface area contributed by atoms with Crippen molar-refractivity contribution in [2.45, 2.75) is 17.7 Å². The Morgan fingerprint density at radius 1 is 1.35 bits per heavy atom. The van der Waals surface area contributed by atoms with Gasteiger partial charge in [-0.2, -0.15) is 0 Å². The van der Waals surface area contributed by atoms with Crippen molar-refractivity contribution in [2.24, 2.45) is 0 Å². The third kappa shape index (κ3) is 2.35. The molecule has 1 aliphatic heterocycles. The molecule has 1 amide bonds. The summed E-state index contributed by atoms with van der Waals surface area (Å²) in [5.41, 5.74) is 0.863. The minimum absolute atomic E-state index is 0.154. The van der Waals surface area contributed by atoms with Crippen molar-refractivity contribution < 1.29 is 9.00 Å². The number of anilines is 1. The monoisotopic (exact) mass is 252 g/mol. The third-order valence-corrected chi connectivity index (χ3v) is 4.63. The number of amides is 1. The topological polar surface area (TPSA) is 49.4 Å². The molecule has 0 radical (unpaired) electrons. The van der Waals surface area contributed by atoms with Gasteiger partial charge < -0.3 is 4.90 Å². The molecule has 4 nitrogen and oxygen atoms in total. The Kier molecular flexibility index (Phi) is 3.22. The molecule has 1 unspecified atom stereocenters. The zero-order chi connectivity index (χ0) is 12.5. The Balaban J connectivity index is 2.27. The predicted molar refractivity (Wildman–Crippen MR) is 70.6 cm³/mol. The fourth-order valence-electron chi connectivity index (χ4n) is 1.88. The molecule has 92 valence electrons. The highest BCUT2D eigenvalue weighted by atomic mass is 32.2. The van der Waals surface area contributed by atoms with Crippen molar-refractivity contribution in [3.8, 4) is 0 Å². The first-order valence-corrected chi connectivity index (χ1v) is 7.23. The van der Waals surface area contributed by atoms with Crippen LogP contribution >= 0.6 is 0 Å². The van der Waals surface area contributed by atoms with Gasteiger partial charge >= 0.3 is 0 Å². The molecule has 1 saturated heterocycles. The number of benzene rings is 1. The highest BCUT2D eigenvalue weighted by molar-refractivity contribution is 7.98. The fourth-order valence-corrected chi connectivity index (χ4v) is 2.70. The highest BCUT2D eigenvalue weighted by Gasteiger charge is 2.21. The van der Waals surface area contributed by atoms with Crippen LogP contribution in [0.15, 0.2) is 29.2 Å². The van der Waals surface area contributed by atoms with Gasteiger partial charge in [0.2, 0.25) is 5.91 Å². The second-order valence-electron chi connectivity index (χ2n) is 4.02. The number of nitrogens with zero attached hydrogens (tertiary/aromatic N) is 1. The minimum Gasteiger partial charge on any atom is -0.312 e. The summed E-state index contributed by atoms with van der Waals surface area (Å²) in [7, 11) is -0.787. The highest BCUT2D eigenvalue weighted by Crippen LogP contribution is 2.22. The van der Waals surface area contributed by atoms with Gasteiger partial charge in [0.05, 0.1) is 9.71 Å². The maximum atomic E-state index is 12.0. The van der Waals surface area contributed by atoms with E-state index in [9.17, 15) is 9.00 Å². The number of hydrogen-bond donors (Lipinski definition) is 1. The molecule has 1 aromatic rings. The van der Waals surface area contributed by atoms with E-state index in [4.69, 9.17) is 0 Å². The van der Waals surface area contributed by atoms with Crippen LogP contribution in [0.5, 0.6) is 0 Å². The van der Waals surface area contributed by atoms with Crippen molar-refractivity contribution in [2.75, 3.05) is 18.5 Å². The van der Waals surface area contributed by atoms with Crippen molar-refractivity contribution in [1.82, 2.24) is 4.72 Å². The SMILES string of the molecule is C=S(=O)(NC)c1ccc(N2CCCC2=O)cc1. The number of carbonyl (C=O) groups excluding carboxylic acids is 1. The van der Waals surface area contributed by atoms with Gasteiger partial charge in [-0.05, 0) is 43.6 Å². The van der Waals surface area contributed by atoms with Crippen LogP contribution < -0.4 is 9.62 Å². The number of nitrogens with one attached hydrogen (secondary N) is 1. The molecule has 0 aromatic heterocycles. The molecule has 0 saturated carbocycles. The number of carbonyl (C=O) groups is 1. The Labute approximate surface area is 102 Å². The average Bonchev–Trinajstić information content (AvgIpc) is 2.76. The molecular weight excluding hydrogens is 236 g/mol. The van der Waals surface area contributed by atoms with Crippen LogP contribution in [0.4, 0.5) is 5.69 Å². The third-order valence-electron chi connectivity index (χ3n) is 2.93. The molecule has 0 spiro atoms. The van der Waals surface area contributed by atoms with E-state index in [0.29, 0.717) is 11.3 Å². The van der Waals surface area contributed by atoms with Crippen LogP contribution in [0.3, 0.4) is 0 Å². The van der Waals surface area contributed by atoms with Crippen molar-refractivity contribution in [3.63, 3.8) is 0 Å². The Morgan fingerprint density at radius 2 is 2.00 bits per heavy atom. The summed E-state index contributed by atoms with van der Waals surface area (Å²) in [6.07, 6.45) is 1.52. The van der Waals surface area contributed by atoms with Gasteiger partial charge in [0.15, 0.2) is 0 Å². The first-order valence-electron chi connectivity index (χ1n) is 5.51. The normalized spacial score (nSPS) is 19.4. The molecule has 1 aliphatic rings. The van der Waals surface area contributed by atoms with Gasteiger partial charge in [-0.3, -0.25) is 4.79 Å². The zero-order valence-electron chi connectivity index (χ0n) is 9.81. The Hall–Kier alpha value is -1.33. The Bertz CT molecular complexity index is 520. The minimum atomic E-state index is -2.41. The van der Waals surface area contributed by atoms with E-state index in [1.807, 2.05) is 12.1 Å². The molecule has 1 N–H and O–H groups in total. The molecule has 0 bridgehead atoms. The van der Waals surface area contributed by atoms with Gasteiger partial charge in [0.1, 0.15) is 0 Å². The van der Waals surface area contributed by atoms with E-state index < -0.39 is 9.71 Å². The second-order valence-corrected chi connectivity index (χ2v) is 6.25. The summed E-state index contributed by atoms with van der Waals surface area (Å²) < 4.78 is 14.6. The number of rotatable bonds is 3. The lowest BCUT2D eigenvalue weighted by Gasteiger charge is -2.16. The molecule has 1 aromatic carbocycles. The van der Waals surface area contributed by atoms with Crippen LogP contribution in [-0.4, -0.2) is 29.6 Å². The molecule has 2 rings (SSSR count). The van der Waals surface area contributed by atoms with E-state index in [1.54, 1.807) is 24.1 Å². The van der Waals surface area contributed by atoms with Crippen LogP contribution in [0, 0.1) is 0 Å². The van der Waals surface area contributed by atoms with Gasteiger partial charge in [-0.25, -0.2) is 8.93 Å².